The molecule has 0 bridgehead atoms. The third-order valence-electron chi connectivity index (χ3n) is 7.05. The second-order valence-corrected chi connectivity index (χ2v) is 9.88. The molecule has 3 unspecified atom stereocenters. The Morgan fingerprint density at radius 3 is 2.62 bits per heavy atom. The molecule has 10 heteroatoms. The largest absolute Gasteiger partial charge is 0.490 e. The SMILES string of the molecule is CNC1Cc2cc(F)c(OCCC3(NS(=O)O)CCC3)cc2C1Cc1cccc(C(F)(F)F)c1. The predicted molar refractivity (Wildman–Crippen MR) is 121 cm³/mol. The van der Waals surface area contributed by atoms with E-state index >= 15 is 0 Å². The summed E-state index contributed by atoms with van der Waals surface area (Å²) in [6, 6.07) is 8.37. The van der Waals surface area contributed by atoms with E-state index < -0.39 is 34.4 Å². The van der Waals surface area contributed by atoms with Gasteiger partial charge in [0.25, 0.3) is 0 Å². The fourth-order valence-electron chi connectivity index (χ4n) is 5.07. The number of fused-ring (bicyclic) bond motifs is 1. The van der Waals surface area contributed by atoms with Crippen molar-refractivity contribution in [3.05, 3.63) is 64.5 Å². The first kappa shape index (κ1) is 25.1. The number of nitrogens with one attached hydrogen (secondary N) is 2. The average Bonchev–Trinajstić information content (AvgIpc) is 3.07. The van der Waals surface area contributed by atoms with Gasteiger partial charge in [0.1, 0.15) is 0 Å². The maximum atomic E-state index is 14.8. The van der Waals surface area contributed by atoms with Crippen molar-refractivity contribution in [2.75, 3.05) is 13.7 Å². The molecule has 5 nitrogen and oxygen atoms in total. The van der Waals surface area contributed by atoms with Crippen LogP contribution in [0.2, 0.25) is 0 Å². The molecular formula is C24H28F4N2O3S. The van der Waals surface area contributed by atoms with Gasteiger partial charge in [0.15, 0.2) is 11.6 Å². The van der Waals surface area contributed by atoms with Gasteiger partial charge >= 0.3 is 6.18 Å². The van der Waals surface area contributed by atoms with Crippen molar-refractivity contribution in [3.63, 3.8) is 0 Å². The number of halogens is 4. The van der Waals surface area contributed by atoms with E-state index in [2.05, 4.69) is 10.0 Å². The minimum atomic E-state index is -4.41. The zero-order chi connectivity index (χ0) is 24.5. The van der Waals surface area contributed by atoms with Crippen LogP contribution >= 0.6 is 0 Å². The molecule has 0 spiro atoms. The van der Waals surface area contributed by atoms with E-state index in [1.165, 1.54) is 18.2 Å². The standard InChI is InChI=1S/C24H28F4N2O3S/c1-29-21-13-16-12-20(25)22(33-9-8-23(6-3-7-23)30-34(31)32)14-18(16)19(21)11-15-4-2-5-17(10-15)24(26,27)28/h2,4-5,10,12,14,19,21,29-30H,3,6-9,11,13H2,1H3,(H,31,32). The Morgan fingerprint density at radius 1 is 1.24 bits per heavy atom. The molecule has 0 saturated heterocycles. The molecule has 3 N–H and O–H groups in total. The summed E-state index contributed by atoms with van der Waals surface area (Å²) in [6.07, 6.45) is -0.560. The molecule has 2 aromatic rings. The second-order valence-electron chi connectivity index (χ2n) is 9.17. The summed E-state index contributed by atoms with van der Waals surface area (Å²) in [7, 11) is 1.79. The van der Waals surface area contributed by atoms with Gasteiger partial charge in [-0.3, -0.25) is 4.55 Å². The van der Waals surface area contributed by atoms with Gasteiger partial charge in [0.05, 0.1) is 12.2 Å². The Kier molecular flexibility index (Phi) is 7.33. The highest BCUT2D eigenvalue weighted by Gasteiger charge is 2.38. The molecule has 34 heavy (non-hydrogen) atoms. The maximum Gasteiger partial charge on any atom is 0.416 e. The highest BCUT2D eigenvalue weighted by atomic mass is 32.2. The van der Waals surface area contributed by atoms with Crippen molar-refractivity contribution in [2.24, 2.45) is 0 Å². The number of ether oxygens (including phenoxy) is 1. The molecule has 1 fully saturated rings. The molecule has 0 aliphatic heterocycles. The molecule has 0 aromatic heterocycles. The average molecular weight is 501 g/mol. The summed E-state index contributed by atoms with van der Waals surface area (Å²) < 4.78 is 83.0. The molecule has 1 saturated carbocycles. The van der Waals surface area contributed by atoms with Gasteiger partial charge in [-0.15, -0.1) is 0 Å². The van der Waals surface area contributed by atoms with Gasteiger partial charge in [0, 0.05) is 23.9 Å². The number of hydrogen-bond acceptors (Lipinski definition) is 3. The fraction of sp³-hybridized carbons (Fsp3) is 0.500. The second kappa shape index (κ2) is 9.93. The van der Waals surface area contributed by atoms with Gasteiger partial charge in [-0.25, -0.2) is 13.3 Å². The van der Waals surface area contributed by atoms with E-state index in [1.807, 2.05) is 0 Å². The molecule has 0 amide bonds. The van der Waals surface area contributed by atoms with Gasteiger partial charge in [-0.05, 0) is 74.0 Å². The van der Waals surface area contributed by atoms with Crippen molar-refractivity contribution in [2.45, 2.75) is 62.2 Å². The molecule has 2 aromatic carbocycles. The van der Waals surface area contributed by atoms with E-state index in [4.69, 9.17) is 4.74 Å². The number of rotatable bonds is 9. The van der Waals surface area contributed by atoms with E-state index in [9.17, 15) is 26.3 Å². The van der Waals surface area contributed by atoms with Crippen LogP contribution in [-0.4, -0.2) is 34.0 Å². The highest BCUT2D eigenvalue weighted by Crippen LogP contribution is 2.40. The lowest BCUT2D eigenvalue weighted by atomic mass is 9.75. The Hall–Kier alpha value is -2.01. The zero-order valence-electron chi connectivity index (χ0n) is 18.8. The maximum absolute atomic E-state index is 14.8. The first-order valence-corrected chi connectivity index (χ1v) is 12.4. The number of hydrogen-bond donors (Lipinski definition) is 3. The van der Waals surface area contributed by atoms with Crippen LogP contribution in [0.1, 0.15) is 53.9 Å². The molecular weight excluding hydrogens is 472 g/mol. The lowest BCUT2D eigenvalue weighted by Crippen LogP contribution is -2.52. The van der Waals surface area contributed by atoms with Gasteiger partial charge in [-0.1, -0.05) is 18.2 Å². The van der Waals surface area contributed by atoms with Gasteiger partial charge in [0.2, 0.25) is 11.3 Å². The summed E-state index contributed by atoms with van der Waals surface area (Å²) >= 11 is -2.13. The van der Waals surface area contributed by atoms with Crippen molar-refractivity contribution in [3.8, 4) is 5.75 Å². The van der Waals surface area contributed by atoms with E-state index in [-0.39, 0.29) is 24.3 Å². The molecule has 0 heterocycles. The normalized spacial score (nSPS) is 22.2. The Morgan fingerprint density at radius 2 is 2.00 bits per heavy atom. The van der Waals surface area contributed by atoms with Crippen LogP contribution in [0.15, 0.2) is 36.4 Å². The van der Waals surface area contributed by atoms with Crippen LogP contribution in [0.4, 0.5) is 17.6 Å². The van der Waals surface area contributed by atoms with E-state index in [0.717, 1.165) is 36.5 Å². The van der Waals surface area contributed by atoms with Crippen LogP contribution in [0.3, 0.4) is 0 Å². The molecule has 0 radical (unpaired) electrons. The summed E-state index contributed by atoms with van der Waals surface area (Å²) in [5.41, 5.74) is 1.08. The highest BCUT2D eigenvalue weighted by molar-refractivity contribution is 7.77. The zero-order valence-corrected chi connectivity index (χ0v) is 19.6. The van der Waals surface area contributed by atoms with Crippen LogP contribution in [0, 0.1) is 5.82 Å². The number of alkyl halides is 3. The Labute approximate surface area is 198 Å². The van der Waals surface area contributed by atoms with Crippen molar-refractivity contribution in [1.29, 1.82) is 0 Å². The van der Waals surface area contributed by atoms with Crippen LogP contribution in [0.25, 0.3) is 0 Å². The summed E-state index contributed by atoms with van der Waals surface area (Å²) in [6.45, 7) is 0.174. The lowest BCUT2D eigenvalue weighted by Gasteiger charge is -2.41. The molecule has 3 atom stereocenters. The van der Waals surface area contributed by atoms with Gasteiger partial charge < -0.3 is 10.1 Å². The van der Waals surface area contributed by atoms with E-state index in [0.29, 0.717) is 24.8 Å². The molecule has 186 valence electrons. The van der Waals surface area contributed by atoms with E-state index in [1.54, 1.807) is 19.2 Å². The minimum Gasteiger partial charge on any atom is -0.490 e. The molecule has 4 rings (SSSR count). The topological polar surface area (TPSA) is 70.6 Å². The summed E-state index contributed by atoms with van der Waals surface area (Å²) in [4.78, 5) is 0. The smallest absolute Gasteiger partial charge is 0.416 e. The first-order chi connectivity index (χ1) is 16.1. The van der Waals surface area contributed by atoms with Crippen LogP contribution < -0.4 is 14.8 Å². The minimum absolute atomic E-state index is 0.0406. The number of likely N-dealkylation sites (N-methyl/N-ethyl adjacent to an activating group) is 1. The van der Waals surface area contributed by atoms with Crippen LogP contribution in [-0.2, 0) is 30.3 Å². The van der Waals surface area contributed by atoms with Crippen molar-refractivity contribution >= 4 is 11.3 Å². The predicted octanol–water partition coefficient (Wildman–Crippen LogP) is 4.73. The molecule has 2 aliphatic rings. The van der Waals surface area contributed by atoms with Crippen LogP contribution in [0.5, 0.6) is 5.75 Å². The Bertz CT molecular complexity index is 1060. The van der Waals surface area contributed by atoms with Gasteiger partial charge in [-0.2, -0.15) is 13.2 Å². The molecule has 2 aliphatic carbocycles. The number of benzene rings is 2. The monoisotopic (exact) mass is 500 g/mol. The first-order valence-electron chi connectivity index (χ1n) is 11.3. The fourth-order valence-corrected chi connectivity index (χ4v) is 5.75. The van der Waals surface area contributed by atoms with Crippen molar-refractivity contribution in [1.82, 2.24) is 10.0 Å². The lowest BCUT2D eigenvalue weighted by molar-refractivity contribution is -0.137. The third kappa shape index (κ3) is 5.45. The summed E-state index contributed by atoms with van der Waals surface area (Å²) in [5, 5.41) is 3.22. The Balaban J connectivity index is 1.51. The summed E-state index contributed by atoms with van der Waals surface area (Å²) in [5.74, 6) is -0.540. The van der Waals surface area contributed by atoms with Crippen molar-refractivity contribution < 1.29 is 31.1 Å². The third-order valence-corrected chi connectivity index (χ3v) is 7.66. The quantitative estimate of drug-likeness (QED) is 0.344.